The molecule has 0 bridgehead atoms. The molecule has 13 heteroatoms. The minimum Gasteiger partial charge on any atom is -0.480 e. The number of carboxylic acid groups (broad SMARTS) is 1. The first-order valence-corrected chi connectivity index (χ1v) is 12.2. The highest BCUT2D eigenvalue weighted by Gasteiger charge is 2.38. The molecule has 2 rings (SSSR count). The van der Waals surface area contributed by atoms with Crippen LogP contribution in [0.1, 0.15) is 38.2 Å². The first-order chi connectivity index (χ1) is 17.5. The number of nitrogens with two attached hydrogens (primary N) is 3. The summed E-state index contributed by atoms with van der Waals surface area (Å²) >= 11 is 0. The number of hydrogen-bond acceptors (Lipinski definition) is 7. The van der Waals surface area contributed by atoms with Crippen molar-refractivity contribution in [2.45, 2.75) is 69.3 Å². The summed E-state index contributed by atoms with van der Waals surface area (Å²) in [5.74, 6) is -3.26. The van der Waals surface area contributed by atoms with Gasteiger partial charge in [-0.05, 0) is 44.6 Å². The fourth-order valence-corrected chi connectivity index (χ4v) is 4.15. The van der Waals surface area contributed by atoms with E-state index in [9.17, 15) is 29.4 Å². The van der Waals surface area contributed by atoms with Gasteiger partial charge in [-0.15, -0.1) is 0 Å². The summed E-state index contributed by atoms with van der Waals surface area (Å²) in [6.07, 6.45) is 0.326. The van der Waals surface area contributed by atoms with Crippen LogP contribution in [-0.2, 0) is 25.6 Å². The minimum absolute atomic E-state index is 0.0920. The van der Waals surface area contributed by atoms with Crippen molar-refractivity contribution in [2.24, 2.45) is 22.2 Å². The van der Waals surface area contributed by atoms with Gasteiger partial charge >= 0.3 is 5.97 Å². The molecular formula is C24H37N7O6. The fourth-order valence-electron chi connectivity index (χ4n) is 4.15. The smallest absolute Gasteiger partial charge is 0.328 e. The molecule has 0 spiro atoms. The number of nitrogens with zero attached hydrogens (tertiary/aromatic N) is 2. The molecule has 204 valence electrons. The van der Waals surface area contributed by atoms with E-state index in [2.05, 4.69) is 15.6 Å². The Labute approximate surface area is 215 Å². The van der Waals surface area contributed by atoms with E-state index in [-0.39, 0.29) is 24.8 Å². The number of amides is 3. The Morgan fingerprint density at radius 2 is 1.84 bits per heavy atom. The van der Waals surface area contributed by atoms with Crippen molar-refractivity contribution in [3.63, 3.8) is 0 Å². The standard InChI is InChI=1S/C24H37N7O6/c1-14(32)19(23(36)37)30-20(33)17(9-5-11-28-24(26)27)29-21(34)18-10-6-12-31(18)22(35)16(25)13-15-7-3-2-4-8-15/h2-4,7-8,14,16-19,32H,5-6,9-13,25H2,1H3,(H,29,34)(H,30,33)(H,36,37)(H4,26,27,28). The number of rotatable bonds is 13. The van der Waals surface area contributed by atoms with Crippen LogP contribution in [0.4, 0.5) is 0 Å². The van der Waals surface area contributed by atoms with Gasteiger partial charge < -0.3 is 42.9 Å². The van der Waals surface area contributed by atoms with Crippen LogP contribution in [0.2, 0.25) is 0 Å². The Bertz CT molecular complexity index is 968. The molecule has 0 aromatic heterocycles. The number of hydrogen-bond donors (Lipinski definition) is 7. The van der Waals surface area contributed by atoms with E-state index in [1.54, 1.807) is 0 Å². The second-order valence-corrected chi connectivity index (χ2v) is 9.06. The van der Waals surface area contributed by atoms with E-state index in [0.717, 1.165) is 5.56 Å². The van der Waals surface area contributed by atoms with Crippen LogP contribution in [0.25, 0.3) is 0 Å². The maximum Gasteiger partial charge on any atom is 0.328 e. The van der Waals surface area contributed by atoms with E-state index in [4.69, 9.17) is 17.2 Å². The second-order valence-electron chi connectivity index (χ2n) is 9.06. The second kappa shape index (κ2) is 14.1. The van der Waals surface area contributed by atoms with Crippen LogP contribution in [0.5, 0.6) is 0 Å². The van der Waals surface area contributed by atoms with E-state index >= 15 is 0 Å². The SMILES string of the molecule is CC(O)C(NC(=O)C(CCCN=C(N)N)NC(=O)C1CCCN1C(=O)C(N)Cc1ccccc1)C(=O)O. The Kier molecular flexibility index (Phi) is 11.3. The topological polar surface area (TPSA) is 226 Å². The molecule has 1 aliphatic rings. The Morgan fingerprint density at radius 3 is 2.43 bits per heavy atom. The molecular weight excluding hydrogens is 482 g/mol. The molecule has 0 radical (unpaired) electrons. The molecule has 1 aliphatic heterocycles. The lowest BCUT2D eigenvalue weighted by molar-refractivity contribution is -0.145. The minimum atomic E-state index is -1.56. The number of guanidine groups is 1. The van der Waals surface area contributed by atoms with Crippen molar-refractivity contribution in [1.29, 1.82) is 0 Å². The molecule has 13 nitrogen and oxygen atoms in total. The number of carbonyl (C=O) groups excluding carboxylic acids is 3. The summed E-state index contributed by atoms with van der Waals surface area (Å²) in [6.45, 7) is 1.76. The van der Waals surface area contributed by atoms with E-state index in [1.807, 2.05) is 30.3 Å². The average Bonchev–Trinajstić information content (AvgIpc) is 3.33. The van der Waals surface area contributed by atoms with Gasteiger partial charge in [-0.2, -0.15) is 0 Å². The first-order valence-electron chi connectivity index (χ1n) is 12.2. The van der Waals surface area contributed by atoms with Gasteiger partial charge in [0, 0.05) is 13.1 Å². The van der Waals surface area contributed by atoms with Crippen molar-refractivity contribution in [3.8, 4) is 0 Å². The lowest BCUT2D eigenvalue weighted by Crippen LogP contribution is -2.58. The van der Waals surface area contributed by atoms with Gasteiger partial charge in [0.25, 0.3) is 0 Å². The third-order valence-corrected chi connectivity index (χ3v) is 6.08. The van der Waals surface area contributed by atoms with Gasteiger partial charge in [-0.1, -0.05) is 30.3 Å². The third kappa shape index (κ3) is 9.03. The van der Waals surface area contributed by atoms with E-state index < -0.39 is 48.1 Å². The van der Waals surface area contributed by atoms with Crippen LogP contribution in [-0.4, -0.2) is 88.1 Å². The van der Waals surface area contributed by atoms with E-state index in [0.29, 0.717) is 32.2 Å². The zero-order valence-corrected chi connectivity index (χ0v) is 20.9. The highest BCUT2D eigenvalue weighted by molar-refractivity contribution is 5.94. The normalized spacial score (nSPS) is 18.2. The average molecular weight is 520 g/mol. The molecule has 1 heterocycles. The summed E-state index contributed by atoms with van der Waals surface area (Å²) in [5.41, 5.74) is 17.7. The number of likely N-dealkylation sites (tertiary alicyclic amines) is 1. The Morgan fingerprint density at radius 1 is 1.16 bits per heavy atom. The molecule has 0 saturated carbocycles. The summed E-state index contributed by atoms with van der Waals surface area (Å²) in [5, 5.41) is 23.9. The largest absolute Gasteiger partial charge is 0.480 e. The van der Waals surface area contributed by atoms with Crippen LogP contribution in [0, 0.1) is 0 Å². The van der Waals surface area contributed by atoms with Gasteiger partial charge in [-0.25, -0.2) is 4.79 Å². The van der Waals surface area contributed by atoms with Gasteiger partial charge in [-0.3, -0.25) is 19.4 Å². The molecule has 37 heavy (non-hydrogen) atoms. The summed E-state index contributed by atoms with van der Waals surface area (Å²) in [6, 6.07) is 4.93. The predicted molar refractivity (Wildman–Crippen MR) is 136 cm³/mol. The number of benzene rings is 1. The van der Waals surface area contributed by atoms with Crippen molar-refractivity contribution in [1.82, 2.24) is 15.5 Å². The molecule has 10 N–H and O–H groups in total. The summed E-state index contributed by atoms with van der Waals surface area (Å²) < 4.78 is 0. The third-order valence-electron chi connectivity index (χ3n) is 6.08. The summed E-state index contributed by atoms with van der Waals surface area (Å²) in [4.78, 5) is 55.8. The number of aliphatic imine (C=N–C) groups is 1. The quantitative estimate of drug-likeness (QED) is 0.0870. The van der Waals surface area contributed by atoms with Crippen molar-refractivity contribution in [3.05, 3.63) is 35.9 Å². The molecule has 1 aromatic rings. The molecule has 1 fully saturated rings. The molecule has 3 amide bonds. The van der Waals surface area contributed by atoms with Crippen LogP contribution >= 0.6 is 0 Å². The van der Waals surface area contributed by atoms with Gasteiger partial charge in [0.05, 0.1) is 12.1 Å². The molecule has 5 atom stereocenters. The highest BCUT2D eigenvalue weighted by atomic mass is 16.4. The van der Waals surface area contributed by atoms with Crippen molar-refractivity contribution >= 4 is 29.7 Å². The van der Waals surface area contributed by atoms with E-state index in [1.165, 1.54) is 11.8 Å². The molecule has 1 saturated heterocycles. The fraction of sp³-hybridized carbons (Fsp3) is 0.542. The number of aliphatic carboxylic acids is 1. The van der Waals surface area contributed by atoms with Crippen LogP contribution in [0.15, 0.2) is 35.3 Å². The predicted octanol–water partition coefficient (Wildman–Crippen LogP) is -1.96. The zero-order valence-electron chi connectivity index (χ0n) is 20.9. The lowest BCUT2D eigenvalue weighted by Gasteiger charge is -2.29. The van der Waals surface area contributed by atoms with Crippen molar-refractivity contribution in [2.75, 3.05) is 13.1 Å². The Balaban J connectivity index is 2.10. The molecule has 5 unspecified atom stereocenters. The monoisotopic (exact) mass is 519 g/mol. The maximum absolute atomic E-state index is 13.2. The number of aliphatic hydroxyl groups excluding tert-OH is 1. The highest BCUT2D eigenvalue weighted by Crippen LogP contribution is 2.20. The number of nitrogens with one attached hydrogen (secondary N) is 2. The van der Waals surface area contributed by atoms with Crippen molar-refractivity contribution < 1.29 is 29.4 Å². The van der Waals surface area contributed by atoms with Crippen LogP contribution in [0.3, 0.4) is 0 Å². The lowest BCUT2D eigenvalue weighted by atomic mass is 10.0. The number of aliphatic hydroxyl groups is 1. The zero-order chi connectivity index (χ0) is 27.5. The summed E-state index contributed by atoms with van der Waals surface area (Å²) in [7, 11) is 0. The van der Waals surface area contributed by atoms with Crippen LogP contribution < -0.4 is 27.8 Å². The molecule has 1 aromatic carbocycles. The van der Waals surface area contributed by atoms with Gasteiger partial charge in [0.15, 0.2) is 12.0 Å². The Hall–Kier alpha value is -3.71. The van der Waals surface area contributed by atoms with Gasteiger partial charge in [0.2, 0.25) is 17.7 Å². The first kappa shape index (κ1) is 29.5. The number of carbonyl (C=O) groups is 4. The number of carboxylic acids is 1. The maximum atomic E-state index is 13.2. The van der Waals surface area contributed by atoms with Gasteiger partial charge in [0.1, 0.15) is 12.1 Å². The molecule has 0 aliphatic carbocycles.